The number of sulfonamides is 1. The maximum Gasteiger partial charge on any atom is 0.266 e. The van der Waals surface area contributed by atoms with E-state index in [1.54, 1.807) is 51.1 Å². The van der Waals surface area contributed by atoms with Gasteiger partial charge >= 0.3 is 0 Å². The van der Waals surface area contributed by atoms with E-state index in [0.29, 0.717) is 10.6 Å². The molecule has 0 saturated heterocycles. The van der Waals surface area contributed by atoms with Crippen molar-refractivity contribution >= 4 is 27.5 Å². The summed E-state index contributed by atoms with van der Waals surface area (Å²) in [4.78, 5) is 12.4. The summed E-state index contributed by atoms with van der Waals surface area (Å²) >= 11 is 5.82. The maximum atomic E-state index is 12.9. The summed E-state index contributed by atoms with van der Waals surface area (Å²) in [6, 6.07) is 14.2. The highest BCUT2D eigenvalue weighted by Gasteiger charge is 2.35. The van der Waals surface area contributed by atoms with Gasteiger partial charge in [0.05, 0.1) is 4.90 Å². The van der Waals surface area contributed by atoms with Crippen LogP contribution in [-0.4, -0.2) is 24.3 Å². The summed E-state index contributed by atoms with van der Waals surface area (Å²) in [5.41, 5.74) is 2.02. The molecule has 0 bridgehead atoms. The van der Waals surface area contributed by atoms with Gasteiger partial charge in [0.1, 0.15) is 0 Å². The van der Waals surface area contributed by atoms with E-state index in [1.807, 2.05) is 0 Å². The fourth-order valence-electron chi connectivity index (χ4n) is 2.05. The smallest absolute Gasteiger partial charge is 0.266 e. The molecule has 0 unspecified atom stereocenters. The molecule has 128 valence electrons. The SMILES string of the molecule is CC(C)(C)N(NC(=O)c1ccccc1)S(=O)(=O)c1ccc(Cl)cc1. The molecular weight excluding hydrogens is 348 g/mol. The molecule has 1 amide bonds. The molecule has 0 spiro atoms. The van der Waals surface area contributed by atoms with Crippen LogP contribution in [0.2, 0.25) is 5.02 Å². The van der Waals surface area contributed by atoms with E-state index in [0.717, 1.165) is 4.41 Å². The molecule has 0 aliphatic heterocycles. The number of hydrogen-bond donors (Lipinski definition) is 1. The molecule has 0 saturated carbocycles. The van der Waals surface area contributed by atoms with Crippen molar-refractivity contribution in [1.29, 1.82) is 0 Å². The largest absolute Gasteiger partial charge is 0.270 e. The fraction of sp³-hybridized carbons (Fsp3) is 0.235. The van der Waals surface area contributed by atoms with E-state index < -0.39 is 21.5 Å². The molecule has 7 heteroatoms. The minimum atomic E-state index is -3.94. The Morgan fingerprint density at radius 3 is 2.04 bits per heavy atom. The normalized spacial score (nSPS) is 12.2. The average molecular weight is 367 g/mol. The van der Waals surface area contributed by atoms with Crippen LogP contribution in [0.5, 0.6) is 0 Å². The van der Waals surface area contributed by atoms with Crippen molar-refractivity contribution in [3.05, 3.63) is 65.2 Å². The molecular formula is C17H19ClN2O3S. The lowest BCUT2D eigenvalue weighted by Crippen LogP contribution is -2.55. The third-order valence-electron chi connectivity index (χ3n) is 3.20. The molecule has 0 radical (unpaired) electrons. The zero-order valence-electron chi connectivity index (χ0n) is 13.7. The van der Waals surface area contributed by atoms with Gasteiger partial charge in [-0.2, -0.15) is 0 Å². The number of benzene rings is 2. The molecule has 0 fully saturated rings. The van der Waals surface area contributed by atoms with Crippen LogP contribution in [0.1, 0.15) is 31.1 Å². The van der Waals surface area contributed by atoms with Gasteiger partial charge in [-0.15, -0.1) is 4.41 Å². The topological polar surface area (TPSA) is 66.5 Å². The first-order valence-electron chi connectivity index (χ1n) is 7.29. The summed E-state index contributed by atoms with van der Waals surface area (Å²) in [7, 11) is -3.94. The predicted octanol–water partition coefficient (Wildman–Crippen LogP) is 3.47. The van der Waals surface area contributed by atoms with Crippen molar-refractivity contribution in [1.82, 2.24) is 9.84 Å². The van der Waals surface area contributed by atoms with Crippen LogP contribution >= 0.6 is 11.6 Å². The molecule has 1 N–H and O–H groups in total. The number of nitrogens with one attached hydrogen (secondary N) is 1. The fourth-order valence-corrected chi connectivity index (χ4v) is 3.79. The van der Waals surface area contributed by atoms with E-state index in [2.05, 4.69) is 5.43 Å². The molecule has 0 aliphatic rings. The first-order chi connectivity index (χ1) is 11.1. The van der Waals surface area contributed by atoms with Crippen molar-refractivity contribution in [2.24, 2.45) is 0 Å². The van der Waals surface area contributed by atoms with Gasteiger partial charge in [0, 0.05) is 16.1 Å². The Morgan fingerprint density at radius 2 is 1.54 bits per heavy atom. The molecule has 0 heterocycles. The van der Waals surface area contributed by atoms with E-state index in [1.165, 1.54) is 24.3 Å². The third kappa shape index (κ3) is 4.14. The second-order valence-electron chi connectivity index (χ2n) is 6.20. The molecule has 2 aromatic carbocycles. The number of carbonyl (C=O) groups excluding carboxylic acids is 1. The summed E-state index contributed by atoms with van der Waals surface area (Å²) < 4.78 is 26.8. The van der Waals surface area contributed by atoms with Crippen LogP contribution < -0.4 is 5.43 Å². The summed E-state index contributed by atoms with van der Waals surface area (Å²) in [6.45, 7) is 5.10. The highest BCUT2D eigenvalue weighted by atomic mass is 35.5. The van der Waals surface area contributed by atoms with Crippen molar-refractivity contribution in [3.8, 4) is 0 Å². The second kappa shape index (κ2) is 6.93. The van der Waals surface area contributed by atoms with E-state index in [4.69, 9.17) is 11.6 Å². The minimum absolute atomic E-state index is 0.0511. The second-order valence-corrected chi connectivity index (χ2v) is 8.42. The highest BCUT2D eigenvalue weighted by molar-refractivity contribution is 7.89. The Hall–Kier alpha value is -1.89. The zero-order chi connectivity index (χ0) is 18.0. The monoisotopic (exact) mass is 366 g/mol. The van der Waals surface area contributed by atoms with Gasteiger partial charge in [-0.05, 0) is 57.2 Å². The van der Waals surface area contributed by atoms with Crippen LogP contribution in [0.4, 0.5) is 0 Å². The molecule has 24 heavy (non-hydrogen) atoms. The van der Waals surface area contributed by atoms with E-state index in [-0.39, 0.29) is 4.90 Å². The highest BCUT2D eigenvalue weighted by Crippen LogP contribution is 2.24. The minimum Gasteiger partial charge on any atom is -0.270 e. The van der Waals surface area contributed by atoms with Crippen LogP contribution in [-0.2, 0) is 10.0 Å². The zero-order valence-corrected chi connectivity index (χ0v) is 15.2. The number of rotatable bonds is 4. The molecule has 2 rings (SSSR count). The molecule has 0 atom stereocenters. The Balaban J connectivity index is 2.39. The van der Waals surface area contributed by atoms with Crippen molar-refractivity contribution in [2.75, 3.05) is 0 Å². The molecule has 0 aliphatic carbocycles. The number of hydrazine groups is 1. The molecule has 0 aromatic heterocycles. The van der Waals surface area contributed by atoms with Crippen molar-refractivity contribution in [3.63, 3.8) is 0 Å². The van der Waals surface area contributed by atoms with Gasteiger partial charge in [-0.3, -0.25) is 10.2 Å². The van der Waals surface area contributed by atoms with Crippen LogP contribution in [0.3, 0.4) is 0 Å². The standard InChI is InChI=1S/C17H19ClN2O3S/c1-17(2,3)20(19-16(21)13-7-5-4-6-8-13)24(22,23)15-11-9-14(18)10-12-15/h4-12H,1-3H3,(H,19,21). The van der Waals surface area contributed by atoms with Crippen LogP contribution in [0, 0.1) is 0 Å². The van der Waals surface area contributed by atoms with Crippen molar-refractivity contribution in [2.45, 2.75) is 31.2 Å². The van der Waals surface area contributed by atoms with Gasteiger partial charge in [-0.1, -0.05) is 29.8 Å². The predicted molar refractivity (Wildman–Crippen MR) is 94.1 cm³/mol. The molecule has 2 aromatic rings. The first kappa shape index (κ1) is 18.4. The lowest BCUT2D eigenvalue weighted by Gasteiger charge is -2.34. The van der Waals surface area contributed by atoms with Gasteiger partial charge < -0.3 is 0 Å². The van der Waals surface area contributed by atoms with Gasteiger partial charge in [0.15, 0.2) is 0 Å². The number of carbonyl (C=O) groups is 1. The molecule has 5 nitrogen and oxygen atoms in total. The van der Waals surface area contributed by atoms with Crippen molar-refractivity contribution < 1.29 is 13.2 Å². The Labute approximate surface area is 147 Å². The van der Waals surface area contributed by atoms with Gasteiger partial charge in [-0.25, -0.2) is 8.42 Å². The quantitative estimate of drug-likeness (QED) is 0.842. The van der Waals surface area contributed by atoms with Gasteiger partial charge in [0.25, 0.3) is 15.9 Å². The van der Waals surface area contributed by atoms with Crippen LogP contribution in [0.15, 0.2) is 59.5 Å². The summed E-state index contributed by atoms with van der Waals surface area (Å²) in [6.07, 6.45) is 0. The average Bonchev–Trinajstić information content (AvgIpc) is 2.52. The number of amides is 1. The van der Waals surface area contributed by atoms with Crippen LogP contribution in [0.25, 0.3) is 0 Å². The lowest BCUT2D eigenvalue weighted by molar-refractivity contribution is 0.0798. The Bertz CT molecular complexity index is 813. The number of nitrogens with zero attached hydrogens (tertiary/aromatic N) is 1. The van der Waals surface area contributed by atoms with E-state index in [9.17, 15) is 13.2 Å². The summed E-state index contributed by atoms with van der Waals surface area (Å²) in [5, 5.41) is 0.435. The first-order valence-corrected chi connectivity index (χ1v) is 9.11. The number of halogens is 1. The Kier molecular flexibility index (Phi) is 5.32. The maximum absolute atomic E-state index is 12.9. The van der Waals surface area contributed by atoms with E-state index >= 15 is 0 Å². The Morgan fingerprint density at radius 1 is 1.00 bits per heavy atom. The number of hydrogen-bond acceptors (Lipinski definition) is 3. The lowest BCUT2D eigenvalue weighted by atomic mass is 10.1. The summed E-state index contributed by atoms with van der Waals surface area (Å²) in [5.74, 6) is -0.497. The third-order valence-corrected chi connectivity index (χ3v) is 5.44. The van der Waals surface area contributed by atoms with Gasteiger partial charge in [0.2, 0.25) is 0 Å².